The number of ether oxygens (including phenoxy) is 1. The Morgan fingerprint density at radius 1 is 1.69 bits per heavy atom. The van der Waals surface area contributed by atoms with E-state index in [1.807, 2.05) is 13.8 Å². The van der Waals surface area contributed by atoms with Gasteiger partial charge in [-0.3, -0.25) is 10.2 Å². The van der Waals surface area contributed by atoms with E-state index in [0.717, 1.165) is 32.8 Å². The van der Waals surface area contributed by atoms with Gasteiger partial charge >= 0.3 is 0 Å². The second kappa shape index (κ2) is 5.54. The average Bonchev–Trinajstić information content (AvgIpc) is 2.04. The molecule has 4 heteroatoms. The molecule has 2 N–H and O–H groups in total. The maximum atomic E-state index is 9.22. The Morgan fingerprint density at radius 2 is 2.46 bits per heavy atom. The molecular formula is C9H20N2O2. The van der Waals surface area contributed by atoms with Gasteiger partial charge in [0.25, 0.3) is 0 Å². The van der Waals surface area contributed by atoms with Crippen molar-refractivity contribution >= 4 is 0 Å². The highest BCUT2D eigenvalue weighted by Crippen LogP contribution is 2.01. The van der Waals surface area contributed by atoms with Crippen LogP contribution < -0.4 is 5.32 Å². The van der Waals surface area contributed by atoms with Gasteiger partial charge in [-0.1, -0.05) is 0 Å². The SMILES string of the molecule is CCOC1CN(CC(C)O)CCN1. The predicted molar refractivity (Wildman–Crippen MR) is 51.5 cm³/mol. The van der Waals surface area contributed by atoms with E-state index in [2.05, 4.69) is 10.2 Å². The summed E-state index contributed by atoms with van der Waals surface area (Å²) in [6.45, 7) is 8.10. The van der Waals surface area contributed by atoms with E-state index in [9.17, 15) is 5.11 Å². The number of rotatable bonds is 4. The van der Waals surface area contributed by atoms with E-state index in [1.165, 1.54) is 0 Å². The molecule has 0 amide bonds. The molecule has 13 heavy (non-hydrogen) atoms. The highest BCUT2D eigenvalue weighted by molar-refractivity contribution is 4.73. The first-order valence-corrected chi connectivity index (χ1v) is 4.97. The molecule has 1 aliphatic rings. The lowest BCUT2D eigenvalue weighted by Crippen LogP contribution is -2.53. The van der Waals surface area contributed by atoms with Gasteiger partial charge in [-0.25, -0.2) is 0 Å². The molecule has 1 fully saturated rings. The first kappa shape index (κ1) is 10.9. The van der Waals surface area contributed by atoms with Gasteiger partial charge in [-0.2, -0.15) is 0 Å². The molecule has 1 rings (SSSR count). The van der Waals surface area contributed by atoms with E-state index in [4.69, 9.17) is 4.74 Å². The first-order valence-electron chi connectivity index (χ1n) is 4.97. The number of nitrogens with zero attached hydrogens (tertiary/aromatic N) is 1. The molecule has 1 heterocycles. The van der Waals surface area contributed by atoms with E-state index in [-0.39, 0.29) is 12.3 Å². The summed E-state index contributed by atoms with van der Waals surface area (Å²) in [5, 5.41) is 12.5. The second-order valence-corrected chi connectivity index (χ2v) is 3.51. The zero-order valence-electron chi connectivity index (χ0n) is 8.49. The van der Waals surface area contributed by atoms with Crippen LogP contribution >= 0.6 is 0 Å². The van der Waals surface area contributed by atoms with Gasteiger partial charge in [0.05, 0.1) is 6.10 Å². The zero-order valence-corrected chi connectivity index (χ0v) is 8.49. The van der Waals surface area contributed by atoms with Crippen molar-refractivity contribution in [3.8, 4) is 0 Å². The molecule has 78 valence electrons. The van der Waals surface area contributed by atoms with Gasteiger partial charge in [0.1, 0.15) is 6.23 Å². The Labute approximate surface area is 79.9 Å². The van der Waals surface area contributed by atoms with Crippen LogP contribution in [0.15, 0.2) is 0 Å². The lowest BCUT2D eigenvalue weighted by molar-refractivity contribution is -0.0176. The van der Waals surface area contributed by atoms with Gasteiger partial charge in [0.2, 0.25) is 0 Å². The maximum Gasteiger partial charge on any atom is 0.120 e. The molecule has 0 spiro atoms. The Kier molecular flexibility index (Phi) is 4.66. The molecule has 0 aromatic carbocycles. The molecule has 0 aromatic heterocycles. The Bertz CT molecular complexity index is 140. The van der Waals surface area contributed by atoms with Crippen LogP contribution in [0, 0.1) is 0 Å². The normalized spacial score (nSPS) is 27.5. The fraction of sp³-hybridized carbons (Fsp3) is 1.00. The monoisotopic (exact) mass is 188 g/mol. The summed E-state index contributed by atoms with van der Waals surface area (Å²) in [6, 6.07) is 0. The maximum absolute atomic E-state index is 9.22. The topological polar surface area (TPSA) is 44.7 Å². The van der Waals surface area contributed by atoms with Crippen molar-refractivity contribution in [2.75, 3.05) is 32.8 Å². The molecule has 1 aliphatic heterocycles. The predicted octanol–water partition coefficient (Wildman–Crippen LogP) is -0.365. The van der Waals surface area contributed by atoms with Crippen molar-refractivity contribution < 1.29 is 9.84 Å². The Balaban J connectivity index is 2.24. The molecule has 0 bridgehead atoms. The van der Waals surface area contributed by atoms with Crippen LogP contribution in [-0.4, -0.2) is 55.1 Å². The van der Waals surface area contributed by atoms with Crippen LogP contribution in [-0.2, 0) is 4.74 Å². The third-order valence-electron chi connectivity index (χ3n) is 2.11. The molecular weight excluding hydrogens is 168 g/mol. The number of β-amino-alcohol motifs (C(OH)–C–C–N with tert-alkyl or cyclic N) is 1. The lowest BCUT2D eigenvalue weighted by Gasteiger charge is -2.33. The second-order valence-electron chi connectivity index (χ2n) is 3.51. The van der Waals surface area contributed by atoms with Crippen LogP contribution in [0.2, 0.25) is 0 Å². The van der Waals surface area contributed by atoms with E-state index >= 15 is 0 Å². The average molecular weight is 188 g/mol. The summed E-state index contributed by atoms with van der Waals surface area (Å²) in [6.07, 6.45) is -0.113. The van der Waals surface area contributed by atoms with Gasteiger partial charge in [0.15, 0.2) is 0 Å². The van der Waals surface area contributed by atoms with E-state index in [1.54, 1.807) is 0 Å². The summed E-state index contributed by atoms with van der Waals surface area (Å²) in [5.74, 6) is 0. The quantitative estimate of drug-likeness (QED) is 0.632. The molecule has 2 atom stereocenters. The lowest BCUT2D eigenvalue weighted by atomic mass is 10.3. The number of nitrogens with one attached hydrogen (secondary N) is 1. The van der Waals surface area contributed by atoms with Crippen molar-refractivity contribution in [1.82, 2.24) is 10.2 Å². The summed E-state index contributed by atoms with van der Waals surface area (Å²) in [5.41, 5.74) is 0. The summed E-state index contributed by atoms with van der Waals surface area (Å²) in [4.78, 5) is 2.22. The van der Waals surface area contributed by atoms with Gasteiger partial charge in [-0.15, -0.1) is 0 Å². The number of hydrogen-bond donors (Lipinski definition) is 2. The van der Waals surface area contributed by atoms with E-state index in [0.29, 0.717) is 0 Å². The van der Waals surface area contributed by atoms with Crippen LogP contribution in [0.1, 0.15) is 13.8 Å². The highest BCUT2D eigenvalue weighted by Gasteiger charge is 2.19. The number of aliphatic hydroxyl groups is 1. The molecule has 4 nitrogen and oxygen atoms in total. The van der Waals surface area contributed by atoms with Gasteiger partial charge in [-0.05, 0) is 13.8 Å². The van der Waals surface area contributed by atoms with Gasteiger partial charge < -0.3 is 9.84 Å². The molecule has 2 unspecified atom stereocenters. The Morgan fingerprint density at radius 3 is 3.08 bits per heavy atom. The van der Waals surface area contributed by atoms with Crippen molar-refractivity contribution in [3.63, 3.8) is 0 Å². The molecule has 0 aliphatic carbocycles. The van der Waals surface area contributed by atoms with Crippen LogP contribution in [0.5, 0.6) is 0 Å². The minimum atomic E-state index is -0.250. The fourth-order valence-corrected chi connectivity index (χ4v) is 1.63. The summed E-state index contributed by atoms with van der Waals surface area (Å²) >= 11 is 0. The molecule has 1 saturated heterocycles. The smallest absolute Gasteiger partial charge is 0.120 e. The molecule has 0 aromatic rings. The van der Waals surface area contributed by atoms with Crippen molar-refractivity contribution in [1.29, 1.82) is 0 Å². The molecule has 0 saturated carbocycles. The third kappa shape index (κ3) is 4.04. The van der Waals surface area contributed by atoms with Crippen LogP contribution in [0.25, 0.3) is 0 Å². The number of aliphatic hydroxyl groups excluding tert-OH is 1. The number of hydrogen-bond acceptors (Lipinski definition) is 4. The zero-order chi connectivity index (χ0) is 9.68. The third-order valence-corrected chi connectivity index (χ3v) is 2.11. The fourth-order valence-electron chi connectivity index (χ4n) is 1.63. The van der Waals surface area contributed by atoms with Crippen molar-refractivity contribution in [2.45, 2.75) is 26.2 Å². The highest BCUT2D eigenvalue weighted by atomic mass is 16.5. The van der Waals surface area contributed by atoms with Crippen LogP contribution in [0.3, 0.4) is 0 Å². The standard InChI is InChI=1S/C9H20N2O2/c1-3-13-9-7-11(5-4-10-9)6-8(2)12/h8-10,12H,3-7H2,1-2H3. The van der Waals surface area contributed by atoms with Crippen LogP contribution in [0.4, 0.5) is 0 Å². The van der Waals surface area contributed by atoms with Crippen molar-refractivity contribution in [2.24, 2.45) is 0 Å². The largest absolute Gasteiger partial charge is 0.392 e. The Hall–Kier alpha value is -0.160. The minimum Gasteiger partial charge on any atom is -0.392 e. The molecule has 0 radical (unpaired) electrons. The minimum absolute atomic E-state index is 0.137. The van der Waals surface area contributed by atoms with Gasteiger partial charge in [0, 0.05) is 32.8 Å². The summed E-state index contributed by atoms with van der Waals surface area (Å²) in [7, 11) is 0. The van der Waals surface area contributed by atoms with E-state index < -0.39 is 0 Å². The first-order chi connectivity index (χ1) is 6.22. The summed E-state index contributed by atoms with van der Waals surface area (Å²) < 4.78 is 5.46. The van der Waals surface area contributed by atoms with Crippen molar-refractivity contribution in [3.05, 3.63) is 0 Å². The number of piperazine rings is 1.